The van der Waals surface area contributed by atoms with E-state index in [0.29, 0.717) is 11.6 Å². The Labute approximate surface area is 117 Å². The molecular formula is C14H19BrN2O. The third kappa shape index (κ3) is 3.10. The van der Waals surface area contributed by atoms with E-state index in [0.717, 1.165) is 24.0 Å². The molecule has 1 amide bonds. The summed E-state index contributed by atoms with van der Waals surface area (Å²) in [5.74, 6) is 0.115. The Kier molecular flexibility index (Phi) is 4.75. The van der Waals surface area contributed by atoms with E-state index in [1.165, 1.54) is 19.3 Å². The quantitative estimate of drug-likeness (QED) is 0.799. The maximum Gasteiger partial charge on any atom is 0.255 e. The predicted octanol–water partition coefficient (Wildman–Crippen LogP) is 3.64. The van der Waals surface area contributed by atoms with E-state index < -0.39 is 0 Å². The van der Waals surface area contributed by atoms with Gasteiger partial charge in [0.2, 0.25) is 0 Å². The third-order valence-electron chi connectivity index (χ3n) is 3.59. The Morgan fingerprint density at radius 3 is 2.67 bits per heavy atom. The fourth-order valence-corrected chi connectivity index (χ4v) is 2.86. The van der Waals surface area contributed by atoms with Gasteiger partial charge >= 0.3 is 0 Å². The van der Waals surface area contributed by atoms with Crippen LogP contribution in [0.3, 0.4) is 0 Å². The van der Waals surface area contributed by atoms with Gasteiger partial charge in [-0.25, -0.2) is 4.98 Å². The second-order valence-electron chi connectivity index (χ2n) is 4.75. The lowest BCUT2D eigenvalue weighted by Gasteiger charge is -2.33. The van der Waals surface area contributed by atoms with Crippen molar-refractivity contribution < 1.29 is 4.79 Å². The number of nitrogens with zero attached hydrogens (tertiary/aromatic N) is 2. The van der Waals surface area contributed by atoms with Crippen LogP contribution in [0.25, 0.3) is 0 Å². The zero-order chi connectivity index (χ0) is 13.0. The Bertz CT molecular complexity index is 399. The fraction of sp³-hybridized carbons (Fsp3) is 0.571. The standard InChI is InChI=1S/C14H19BrN2O/c1-2-17(12-6-4-3-5-7-12)14(18)11-8-9-13(15)16-10-11/h8-10,12H,2-7H2,1H3. The Morgan fingerprint density at radius 1 is 1.39 bits per heavy atom. The molecule has 1 saturated carbocycles. The van der Waals surface area contributed by atoms with Gasteiger partial charge in [-0.1, -0.05) is 19.3 Å². The summed E-state index contributed by atoms with van der Waals surface area (Å²) in [5, 5.41) is 0. The van der Waals surface area contributed by atoms with Crippen LogP contribution in [0.2, 0.25) is 0 Å². The summed E-state index contributed by atoms with van der Waals surface area (Å²) >= 11 is 3.29. The second kappa shape index (κ2) is 6.32. The van der Waals surface area contributed by atoms with Gasteiger partial charge in [0.15, 0.2) is 0 Å². The summed E-state index contributed by atoms with van der Waals surface area (Å²) < 4.78 is 0.764. The molecule has 2 rings (SSSR count). The first-order chi connectivity index (χ1) is 8.72. The molecule has 1 aromatic heterocycles. The minimum Gasteiger partial charge on any atom is -0.336 e. The highest BCUT2D eigenvalue weighted by molar-refractivity contribution is 9.10. The fourth-order valence-electron chi connectivity index (χ4n) is 2.63. The lowest BCUT2D eigenvalue weighted by Crippen LogP contribution is -2.41. The molecule has 0 unspecified atom stereocenters. The van der Waals surface area contributed by atoms with Gasteiger partial charge < -0.3 is 4.90 Å². The summed E-state index contributed by atoms with van der Waals surface area (Å²) in [6.45, 7) is 2.83. The summed E-state index contributed by atoms with van der Waals surface area (Å²) in [6.07, 6.45) is 7.73. The molecule has 0 saturated heterocycles. The van der Waals surface area contributed by atoms with Crippen molar-refractivity contribution in [1.82, 2.24) is 9.88 Å². The van der Waals surface area contributed by atoms with Crippen LogP contribution in [0, 0.1) is 0 Å². The van der Waals surface area contributed by atoms with E-state index in [1.807, 2.05) is 17.0 Å². The van der Waals surface area contributed by atoms with Crippen LogP contribution in [0.4, 0.5) is 0 Å². The zero-order valence-corrected chi connectivity index (χ0v) is 12.3. The molecule has 98 valence electrons. The van der Waals surface area contributed by atoms with Crippen molar-refractivity contribution in [1.29, 1.82) is 0 Å². The van der Waals surface area contributed by atoms with Crippen LogP contribution in [0.15, 0.2) is 22.9 Å². The monoisotopic (exact) mass is 310 g/mol. The molecule has 18 heavy (non-hydrogen) atoms. The van der Waals surface area contributed by atoms with Crippen LogP contribution >= 0.6 is 15.9 Å². The molecule has 0 spiro atoms. The van der Waals surface area contributed by atoms with Gasteiger partial charge in [-0.05, 0) is 47.8 Å². The minimum atomic E-state index is 0.115. The second-order valence-corrected chi connectivity index (χ2v) is 5.57. The minimum absolute atomic E-state index is 0.115. The van der Waals surface area contributed by atoms with E-state index in [4.69, 9.17) is 0 Å². The van der Waals surface area contributed by atoms with Crippen LogP contribution in [-0.2, 0) is 0 Å². The lowest BCUT2D eigenvalue weighted by atomic mass is 9.94. The highest BCUT2D eigenvalue weighted by atomic mass is 79.9. The van der Waals surface area contributed by atoms with Gasteiger partial charge in [-0.2, -0.15) is 0 Å². The molecule has 3 nitrogen and oxygen atoms in total. The number of rotatable bonds is 3. The Hall–Kier alpha value is -0.900. The number of carbonyl (C=O) groups excluding carboxylic acids is 1. The summed E-state index contributed by atoms with van der Waals surface area (Å²) in [7, 11) is 0. The maximum absolute atomic E-state index is 12.5. The van der Waals surface area contributed by atoms with Crippen molar-refractivity contribution in [3.05, 3.63) is 28.5 Å². The van der Waals surface area contributed by atoms with E-state index in [9.17, 15) is 4.79 Å². The van der Waals surface area contributed by atoms with Crippen molar-refractivity contribution in [3.63, 3.8) is 0 Å². The molecule has 0 radical (unpaired) electrons. The SMILES string of the molecule is CCN(C(=O)c1ccc(Br)nc1)C1CCCCC1. The van der Waals surface area contributed by atoms with Crippen molar-refractivity contribution in [2.75, 3.05) is 6.54 Å². The smallest absolute Gasteiger partial charge is 0.255 e. The summed E-state index contributed by atoms with van der Waals surface area (Å²) in [4.78, 5) is 18.6. The molecule has 0 aromatic carbocycles. The molecule has 0 N–H and O–H groups in total. The van der Waals surface area contributed by atoms with E-state index >= 15 is 0 Å². The molecule has 4 heteroatoms. The van der Waals surface area contributed by atoms with Crippen LogP contribution in [0.1, 0.15) is 49.4 Å². The number of amides is 1. The highest BCUT2D eigenvalue weighted by Gasteiger charge is 2.24. The molecule has 0 atom stereocenters. The normalized spacial score (nSPS) is 16.6. The van der Waals surface area contributed by atoms with E-state index in [2.05, 4.69) is 27.8 Å². The van der Waals surface area contributed by atoms with Gasteiger partial charge in [0.05, 0.1) is 5.56 Å². The largest absolute Gasteiger partial charge is 0.336 e. The number of pyridine rings is 1. The Morgan fingerprint density at radius 2 is 2.11 bits per heavy atom. The molecule has 0 aliphatic heterocycles. The van der Waals surface area contributed by atoms with E-state index in [1.54, 1.807) is 6.20 Å². The average molecular weight is 311 g/mol. The van der Waals surface area contributed by atoms with Gasteiger partial charge in [0, 0.05) is 18.8 Å². The first-order valence-electron chi connectivity index (χ1n) is 6.65. The zero-order valence-electron chi connectivity index (χ0n) is 10.7. The van der Waals surface area contributed by atoms with Crippen LogP contribution in [0.5, 0.6) is 0 Å². The number of halogens is 1. The lowest BCUT2D eigenvalue weighted by molar-refractivity contribution is 0.0647. The third-order valence-corrected chi connectivity index (χ3v) is 4.06. The molecule has 1 aromatic rings. The van der Waals surface area contributed by atoms with Crippen LogP contribution < -0.4 is 0 Å². The first-order valence-corrected chi connectivity index (χ1v) is 7.44. The Balaban J connectivity index is 2.11. The molecule has 0 bridgehead atoms. The maximum atomic E-state index is 12.5. The van der Waals surface area contributed by atoms with Crippen molar-refractivity contribution >= 4 is 21.8 Å². The number of hydrogen-bond acceptors (Lipinski definition) is 2. The molecular weight excluding hydrogens is 292 g/mol. The van der Waals surface area contributed by atoms with E-state index in [-0.39, 0.29) is 5.91 Å². The first kappa shape index (κ1) is 13.5. The average Bonchev–Trinajstić information content (AvgIpc) is 2.41. The van der Waals surface area contributed by atoms with Crippen molar-refractivity contribution in [2.45, 2.75) is 45.1 Å². The number of aromatic nitrogens is 1. The van der Waals surface area contributed by atoms with Gasteiger partial charge in [-0.15, -0.1) is 0 Å². The van der Waals surface area contributed by atoms with Gasteiger partial charge in [-0.3, -0.25) is 4.79 Å². The van der Waals surface area contributed by atoms with Crippen LogP contribution in [-0.4, -0.2) is 28.4 Å². The van der Waals surface area contributed by atoms with Crippen molar-refractivity contribution in [2.24, 2.45) is 0 Å². The predicted molar refractivity (Wildman–Crippen MR) is 75.5 cm³/mol. The molecule has 1 aliphatic rings. The summed E-state index contributed by atoms with van der Waals surface area (Å²) in [6, 6.07) is 4.08. The topological polar surface area (TPSA) is 33.2 Å². The van der Waals surface area contributed by atoms with Gasteiger partial charge in [0.1, 0.15) is 4.60 Å². The molecule has 1 fully saturated rings. The molecule has 1 aliphatic carbocycles. The highest BCUT2D eigenvalue weighted by Crippen LogP contribution is 2.23. The number of carbonyl (C=O) groups is 1. The summed E-state index contributed by atoms with van der Waals surface area (Å²) in [5.41, 5.74) is 0.686. The number of hydrogen-bond donors (Lipinski definition) is 0. The van der Waals surface area contributed by atoms with Crippen molar-refractivity contribution in [3.8, 4) is 0 Å². The van der Waals surface area contributed by atoms with Gasteiger partial charge in [0.25, 0.3) is 5.91 Å². The molecule has 1 heterocycles.